The third-order valence-electron chi connectivity index (χ3n) is 4.31. The van der Waals surface area contributed by atoms with Crippen LogP contribution in [0.15, 0.2) is 41.6 Å². The van der Waals surface area contributed by atoms with Crippen LogP contribution < -0.4 is 0 Å². The summed E-state index contributed by atoms with van der Waals surface area (Å²) < 4.78 is 25.3. The van der Waals surface area contributed by atoms with Crippen molar-refractivity contribution >= 4 is 15.7 Å². The summed E-state index contributed by atoms with van der Waals surface area (Å²) in [7, 11) is -3.33. The maximum Gasteiger partial charge on any atom is 0.254 e. The summed E-state index contributed by atoms with van der Waals surface area (Å²) in [6, 6.07) is 6.35. The highest BCUT2D eigenvalue weighted by Gasteiger charge is 2.30. The highest BCUT2D eigenvalue weighted by Crippen LogP contribution is 2.22. The molecule has 1 aromatic carbocycles. The SMILES string of the molecule is Cc1cnn(C[C@@H]2CCCN2C(=O)c2cccc(S(C)(=O)=O)c2)c1. The minimum Gasteiger partial charge on any atom is -0.334 e. The van der Waals surface area contributed by atoms with Gasteiger partial charge in [-0.2, -0.15) is 5.10 Å². The van der Waals surface area contributed by atoms with Crippen LogP contribution in [0.4, 0.5) is 0 Å². The topological polar surface area (TPSA) is 72.3 Å². The molecule has 0 radical (unpaired) electrons. The molecule has 3 rings (SSSR count). The van der Waals surface area contributed by atoms with Crippen molar-refractivity contribution in [1.82, 2.24) is 14.7 Å². The van der Waals surface area contributed by atoms with Crippen LogP contribution in [-0.4, -0.2) is 47.8 Å². The molecule has 1 fully saturated rings. The van der Waals surface area contributed by atoms with Gasteiger partial charge in [-0.1, -0.05) is 6.07 Å². The molecule has 128 valence electrons. The largest absolute Gasteiger partial charge is 0.334 e. The first-order chi connectivity index (χ1) is 11.3. The third-order valence-corrected chi connectivity index (χ3v) is 5.42. The summed E-state index contributed by atoms with van der Waals surface area (Å²) in [6.07, 6.45) is 6.79. The quantitative estimate of drug-likeness (QED) is 0.847. The van der Waals surface area contributed by atoms with Crippen molar-refractivity contribution in [1.29, 1.82) is 0 Å². The van der Waals surface area contributed by atoms with E-state index in [9.17, 15) is 13.2 Å². The van der Waals surface area contributed by atoms with Gasteiger partial charge in [0.2, 0.25) is 0 Å². The number of carbonyl (C=O) groups excluding carboxylic acids is 1. The summed E-state index contributed by atoms with van der Waals surface area (Å²) >= 11 is 0. The van der Waals surface area contributed by atoms with Crippen molar-refractivity contribution in [3.63, 3.8) is 0 Å². The summed E-state index contributed by atoms with van der Waals surface area (Å²) in [4.78, 5) is 14.8. The molecule has 1 aliphatic rings. The van der Waals surface area contributed by atoms with Gasteiger partial charge in [0.25, 0.3) is 5.91 Å². The molecule has 1 aromatic heterocycles. The molecule has 2 heterocycles. The average Bonchev–Trinajstić information content (AvgIpc) is 3.15. The number of hydrogen-bond acceptors (Lipinski definition) is 4. The van der Waals surface area contributed by atoms with E-state index in [1.54, 1.807) is 18.3 Å². The molecule has 0 saturated carbocycles. The van der Waals surface area contributed by atoms with Gasteiger partial charge in [0.05, 0.1) is 23.7 Å². The molecule has 7 heteroatoms. The predicted octanol–water partition coefficient (Wildman–Crippen LogP) is 1.90. The van der Waals surface area contributed by atoms with Crippen LogP contribution in [-0.2, 0) is 16.4 Å². The molecule has 2 aromatic rings. The number of carbonyl (C=O) groups is 1. The Balaban J connectivity index is 1.81. The molecule has 6 nitrogen and oxygen atoms in total. The lowest BCUT2D eigenvalue weighted by Gasteiger charge is -2.25. The average molecular weight is 347 g/mol. The summed E-state index contributed by atoms with van der Waals surface area (Å²) in [5, 5.41) is 4.29. The van der Waals surface area contributed by atoms with E-state index in [1.165, 1.54) is 12.1 Å². The van der Waals surface area contributed by atoms with Crippen LogP contribution >= 0.6 is 0 Å². The van der Waals surface area contributed by atoms with Crippen LogP contribution in [0.3, 0.4) is 0 Å². The normalized spacial score (nSPS) is 18.1. The van der Waals surface area contributed by atoms with E-state index in [0.29, 0.717) is 18.7 Å². The van der Waals surface area contributed by atoms with Gasteiger partial charge in [-0.15, -0.1) is 0 Å². The number of aryl methyl sites for hydroxylation is 1. The Kier molecular flexibility index (Phi) is 4.45. The molecule has 1 saturated heterocycles. The van der Waals surface area contributed by atoms with Gasteiger partial charge >= 0.3 is 0 Å². The lowest BCUT2D eigenvalue weighted by molar-refractivity contribution is 0.0721. The van der Waals surface area contributed by atoms with E-state index in [2.05, 4.69) is 5.10 Å². The number of sulfone groups is 1. The summed E-state index contributed by atoms with van der Waals surface area (Å²) in [5.74, 6) is -0.119. The van der Waals surface area contributed by atoms with Crippen molar-refractivity contribution in [3.05, 3.63) is 47.8 Å². The van der Waals surface area contributed by atoms with Gasteiger partial charge in [-0.25, -0.2) is 8.42 Å². The van der Waals surface area contributed by atoms with Gasteiger partial charge in [0, 0.05) is 24.6 Å². The fraction of sp³-hybridized carbons (Fsp3) is 0.412. The smallest absolute Gasteiger partial charge is 0.254 e. The van der Waals surface area contributed by atoms with Crippen molar-refractivity contribution in [2.45, 2.75) is 37.2 Å². The maximum absolute atomic E-state index is 12.8. The van der Waals surface area contributed by atoms with Crippen molar-refractivity contribution in [2.24, 2.45) is 0 Å². The van der Waals surface area contributed by atoms with Crippen LogP contribution in [0.2, 0.25) is 0 Å². The maximum atomic E-state index is 12.8. The van der Waals surface area contributed by atoms with E-state index in [-0.39, 0.29) is 16.8 Å². The summed E-state index contributed by atoms with van der Waals surface area (Å²) in [5.41, 5.74) is 1.51. The molecular weight excluding hydrogens is 326 g/mol. The molecule has 1 aliphatic heterocycles. The van der Waals surface area contributed by atoms with Crippen molar-refractivity contribution in [3.8, 4) is 0 Å². The highest BCUT2D eigenvalue weighted by atomic mass is 32.2. The van der Waals surface area contributed by atoms with E-state index >= 15 is 0 Å². The molecule has 0 unspecified atom stereocenters. The fourth-order valence-corrected chi connectivity index (χ4v) is 3.77. The Labute approximate surface area is 142 Å². The summed E-state index contributed by atoms with van der Waals surface area (Å²) in [6.45, 7) is 3.33. The minimum absolute atomic E-state index is 0.0821. The van der Waals surface area contributed by atoms with Gasteiger partial charge in [-0.05, 0) is 43.5 Å². The van der Waals surface area contributed by atoms with Crippen LogP contribution in [0.25, 0.3) is 0 Å². The number of rotatable bonds is 4. The first kappa shape index (κ1) is 16.7. The zero-order valence-corrected chi connectivity index (χ0v) is 14.7. The van der Waals surface area contributed by atoms with Crippen molar-refractivity contribution < 1.29 is 13.2 Å². The molecular formula is C17H21N3O3S. The first-order valence-electron chi connectivity index (χ1n) is 7.95. The Hall–Kier alpha value is -2.15. The molecule has 0 aliphatic carbocycles. The van der Waals surface area contributed by atoms with E-state index < -0.39 is 9.84 Å². The number of amides is 1. The van der Waals surface area contributed by atoms with E-state index in [1.807, 2.05) is 22.7 Å². The second-order valence-corrected chi connectivity index (χ2v) is 8.35. The van der Waals surface area contributed by atoms with Gasteiger partial charge < -0.3 is 4.90 Å². The van der Waals surface area contributed by atoms with Gasteiger partial charge in [0.15, 0.2) is 9.84 Å². The third kappa shape index (κ3) is 3.51. The minimum atomic E-state index is -3.33. The Bertz CT molecular complexity index is 857. The van der Waals surface area contributed by atoms with Crippen LogP contribution in [0.5, 0.6) is 0 Å². The molecule has 0 spiro atoms. The lowest BCUT2D eigenvalue weighted by atomic mass is 10.1. The second kappa shape index (κ2) is 6.39. The van der Waals surface area contributed by atoms with Crippen molar-refractivity contribution in [2.75, 3.05) is 12.8 Å². The van der Waals surface area contributed by atoms with E-state index in [4.69, 9.17) is 0 Å². The number of likely N-dealkylation sites (tertiary alicyclic amines) is 1. The zero-order valence-electron chi connectivity index (χ0n) is 13.8. The Morgan fingerprint density at radius 1 is 1.38 bits per heavy atom. The molecule has 0 bridgehead atoms. The first-order valence-corrected chi connectivity index (χ1v) is 9.84. The standard InChI is InChI=1S/C17H21N3O3S/c1-13-10-18-19(11-13)12-15-6-4-8-20(15)17(21)14-5-3-7-16(9-14)24(2,22)23/h3,5,7,9-11,15H,4,6,8,12H2,1-2H3/t15-/m0/s1. The predicted molar refractivity (Wildman–Crippen MR) is 90.6 cm³/mol. The molecule has 1 amide bonds. The van der Waals surface area contributed by atoms with Crippen LogP contribution in [0, 0.1) is 6.92 Å². The number of aromatic nitrogens is 2. The van der Waals surface area contributed by atoms with Gasteiger partial charge in [-0.3, -0.25) is 9.48 Å². The van der Waals surface area contributed by atoms with Crippen LogP contribution in [0.1, 0.15) is 28.8 Å². The zero-order chi connectivity index (χ0) is 17.3. The highest BCUT2D eigenvalue weighted by molar-refractivity contribution is 7.90. The monoisotopic (exact) mass is 347 g/mol. The number of hydrogen-bond donors (Lipinski definition) is 0. The second-order valence-electron chi connectivity index (χ2n) is 6.33. The number of nitrogens with zero attached hydrogens (tertiary/aromatic N) is 3. The Morgan fingerprint density at radius 2 is 2.17 bits per heavy atom. The fourth-order valence-electron chi connectivity index (χ4n) is 3.10. The van der Waals surface area contributed by atoms with Gasteiger partial charge in [0.1, 0.15) is 0 Å². The lowest BCUT2D eigenvalue weighted by Crippen LogP contribution is -2.38. The number of benzene rings is 1. The molecule has 0 N–H and O–H groups in total. The van der Waals surface area contributed by atoms with E-state index in [0.717, 1.165) is 24.7 Å². The Morgan fingerprint density at radius 3 is 2.83 bits per heavy atom. The molecule has 24 heavy (non-hydrogen) atoms. The molecule has 1 atom stereocenters.